The van der Waals surface area contributed by atoms with Crippen LogP contribution >= 0.6 is 0 Å². The molecule has 0 radical (unpaired) electrons. The number of epoxide rings is 1. The summed E-state index contributed by atoms with van der Waals surface area (Å²) < 4.78 is 43.0. The molecule has 1 heterocycles. The Hall–Kier alpha value is -5.12. The summed E-state index contributed by atoms with van der Waals surface area (Å²) in [6.45, 7) is 8.74. The SMILES string of the molecule is CC(=O)/C(C)=C/C=C/C=C/CC/C=C/C(C)C(O)C(C)C(O)/C=C/C=C/C=C/C=C/C=C/C=C/CC(OS(=O)(=O)O)C(C)C(=O)CC(O)CC(O)/C=C/CC(O)CC(O)CC(O)/C=C/CC(O)CC(O)C1OC1CC(O)CC(O)CCCN=C(N)N. The van der Waals surface area contributed by atoms with Gasteiger partial charge in [0.25, 0.3) is 0 Å². The maximum Gasteiger partial charge on any atom is 0.397 e. The fourth-order valence-electron chi connectivity index (χ4n) is 8.74. The smallest absolute Gasteiger partial charge is 0.393 e. The lowest BCUT2D eigenvalue weighted by Gasteiger charge is -2.25. The zero-order valence-electron chi connectivity index (χ0n) is 50.5. The van der Waals surface area contributed by atoms with Crippen molar-refractivity contribution in [3.63, 3.8) is 0 Å². The summed E-state index contributed by atoms with van der Waals surface area (Å²) in [5.74, 6) is -2.25. The van der Waals surface area contributed by atoms with Crippen molar-refractivity contribution in [1.82, 2.24) is 0 Å². The van der Waals surface area contributed by atoms with Gasteiger partial charge in [-0.05, 0) is 77.2 Å². The van der Waals surface area contributed by atoms with E-state index < -0.39 is 120 Å². The van der Waals surface area contributed by atoms with Gasteiger partial charge in [-0.15, -0.1) is 0 Å². The molecule has 0 saturated carbocycles. The molecule has 0 aromatic carbocycles. The highest BCUT2D eigenvalue weighted by molar-refractivity contribution is 7.80. The Balaban J connectivity index is 2.45. The van der Waals surface area contributed by atoms with E-state index in [4.69, 9.17) is 20.4 Å². The monoisotopic (exact) mass is 1230 g/mol. The fraction of sp³-hybridized carbons (Fsp3) is 0.578. The second-order valence-corrected chi connectivity index (χ2v) is 23.0. The van der Waals surface area contributed by atoms with Crippen molar-refractivity contribution in [2.24, 2.45) is 34.2 Å². The predicted molar refractivity (Wildman–Crippen MR) is 334 cm³/mol. The van der Waals surface area contributed by atoms with Gasteiger partial charge in [-0.25, -0.2) is 4.18 Å². The first-order valence-electron chi connectivity index (χ1n) is 29.5. The van der Waals surface area contributed by atoms with Crippen molar-refractivity contribution in [2.45, 2.75) is 210 Å². The van der Waals surface area contributed by atoms with Crippen LogP contribution in [0.15, 0.2) is 150 Å². The number of allylic oxidation sites excluding steroid dienone is 17. The third-order valence-corrected chi connectivity index (χ3v) is 14.5. The zero-order chi connectivity index (χ0) is 64.6. The van der Waals surface area contributed by atoms with Crippen LogP contribution in [0.3, 0.4) is 0 Å². The van der Waals surface area contributed by atoms with Crippen LogP contribution in [0.2, 0.25) is 0 Å². The molecule has 0 bridgehead atoms. The van der Waals surface area contributed by atoms with Gasteiger partial charge in [-0.1, -0.05) is 161 Å². The van der Waals surface area contributed by atoms with Crippen molar-refractivity contribution in [2.75, 3.05) is 6.54 Å². The summed E-state index contributed by atoms with van der Waals surface area (Å²) in [7, 11) is -4.96. The first-order chi connectivity index (χ1) is 40.6. The second kappa shape index (κ2) is 45.2. The molecule has 22 heteroatoms. The van der Waals surface area contributed by atoms with Crippen LogP contribution in [0.25, 0.3) is 0 Å². The van der Waals surface area contributed by atoms with E-state index in [1.807, 2.05) is 43.4 Å². The van der Waals surface area contributed by atoms with Gasteiger partial charge in [0.2, 0.25) is 0 Å². The fourth-order valence-corrected chi connectivity index (χ4v) is 9.29. The van der Waals surface area contributed by atoms with Gasteiger partial charge < -0.3 is 72.4 Å². The van der Waals surface area contributed by atoms with E-state index in [1.165, 1.54) is 38.2 Å². The predicted octanol–water partition coefficient (Wildman–Crippen LogP) is 4.78. The van der Waals surface area contributed by atoms with E-state index in [2.05, 4.69) is 4.99 Å². The summed E-state index contributed by atoms with van der Waals surface area (Å²) in [5, 5.41) is 115. The molecule has 1 saturated heterocycles. The van der Waals surface area contributed by atoms with Gasteiger partial charge in [0.15, 0.2) is 11.7 Å². The summed E-state index contributed by atoms with van der Waals surface area (Å²) in [4.78, 5) is 28.2. The van der Waals surface area contributed by atoms with Crippen LogP contribution in [0, 0.1) is 17.8 Å². The molecule has 86 heavy (non-hydrogen) atoms. The topological polar surface area (TPSA) is 397 Å². The number of nitrogens with two attached hydrogens (primary N) is 2. The third-order valence-electron chi connectivity index (χ3n) is 14.0. The minimum Gasteiger partial charge on any atom is -0.393 e. The maximum atomic E-state index is 13.1. The number of hydrogen-bond donors (Lipinski definition) is 14. The molecule has 21 nitrogen and oxygen atoms in total. The van der Waals surface area contributed by atoms with Crippen molar-refractivity contribution in [3.05, 3.63) is 145 Å². The highest BCUT2D eigenvalue weighted by Crippen LogP contribution is 2.33. The van der Waals surface area contributed by atoms with E-state index in [9.17, 15) is 78.7 Å². The lowest BCUT2D eigenvalue weighted by Crippen LogP contribution is -2.32. The number of ether oxygens (including phenoxy) is 1. The van der Waals surface area contributed by atoms with E-state index in [0.29, 0.717) is 25.0 Å². The minimum absolute atomic E-state index is 0.00138. The second-order valence-electron chi connectivity index (χ2n) is 22.0. The quantitative estimate of drug-likeness (QED) is 0.00570. The van der Waals surface area contributed by atoms with Crippen molar-refractivity contribution < 1.29 is 87.7 Å². The van der Waals surface area contributed by atoms with Crippen LogP contribution in [-0.2, 0) is 28.9 Å². The Morgan fingerprint density at radius 3 is 1.72 bits per heavy atom. The Kier molecular flexibility index (Phi) is 41.4. The molecular weight excluding hydrogens is 1130 g/mol. The molecule has 0 amide bonds. The Labute approximate surface area is 509 Å². The Morgan fingerprint density at radius 1 is 0.593 bits per heavy atom. The molecule has 0 spiro atoms. The lowest BCUT2D eigenvalue weighted by molar-refractivity contribution is -0.127. The highest BCUT2D eigenvalue weighted by atomic mass is 32.3. The average molecular weight is 1230 g/mol. The number of ketones is 2. The van der Waals surface area contributed by atoms with Gasteiger partial charge >= 0.3 is 10.4 Å². The molecule has 1 rings (SSSR count). The van der Waals surface area contributed by atoms with Crippen molar-refractivity contribution in [1.29, 1.82) is 0 Å². The maximum absolute atomic E-state index is 13.1. The standard InChI is InChI=1S/C64H101N3O18S/c1-44(48(5)68)27-20-16-12-11-13-17-21-28-45(2)62(80)47(4)57(77)34-22-18-14-9-7-6-8-10-15-19-23-35-60(85-86(81,82)83)46(3)58(78)42-55(75)39-51(71)30-24-29-49(69)37-54(74)38-50(70)31-25-32-53(73)41-59(79)63-61(84-63)43-56(76)40-52(72)33-26-36-67-64(65)66/h6-12,14-16,18-25,27-28,30-31,34,45-47,49-57,59-63,69-77,79-80H,13,17,26,29,32-33,35-43H2,1-5H3,(H4,65,66,67)(H,81,82,83)/b8-6+,9-7+,12-11+,15-10+,18-14+,20-16+,23-19+,28-21+,30-24+,31-25+,34-22+,44-27+. The number of hydrogen-bond acceptors (Lipinski definition) is 18. The molecule has 17 atom stereocenters. The Bertz CT molecular complexity index is 2440. The molecule has 1 aliphatic heterocycles. The molecule has 486 valence electrons. The zero-order valence-corrected chi connectivity index (χ0v) is 51.3. The molecule has 0 aliphatic carbocycles. The van der Waals surface area contributed by atoms with Crippen molar-refractivity contribution in [3.8, 4) is 0 Å². The van der Waals surface area contributed by atoms with Gasteiger partial charge in [0, 0.05) is 56.4 Å². The lowest BCUT2D eigenvalue weighted by atomic mass is 9.88. The van der Waals surface area contributed by atoms with E-state index in [1.54, 1.807) is 92.8 Å². The molecule has 1 aliphatic rings. The number of Topliss-reactive ketones (excluding diaryl/α,β-unsaturated/α-hetero) is 2. The first-order valence-corrected chi connectivity index (χ1v) is 30.8. The molecule has 17 unspecified atom stereocenters. The van der Waals surface area contributed by atoms with Crippen molar-refractivity contribution >= 4 is 27.9 Å². The van der Waals surface area contributed by atoms with E-state index in [0.717, 1.165) is 12.8 Å². The van der Waals surface area contributed by atoms with Crippen LogP contribution in [-0.4, -0.2) is 179 Å². The van der Waals surface area contributed by atoms with Gasteiger partial charge in [0.1, 0.15) is 11.9 Å². The summed E-state index contributed by atoms with van der Waals surface area (Å²) in [6.07, 6.45) is 27.8. The number of aliphatic hydroxyl groups is 11. The molecule has 1 fully saturated rings. The molecule has 0 aromatic rings. The number of nitrogens with zero attached hydrogens (tertiary/aromatic N) is 1. The summed E-state index contributed by atoms with van der Waals surface area (Å²) in [6, 6.07) is 0. The largest absolute Gasteiger partial charge is 0.397 e. The van der Waals surface area contributed by atoms with Crippen LogP contribution in [0.5, 0.6) is 0 Å². The van der Waals surface area contributed by atoms with Crippen LogP contribution in [0.1, 0.15) is 125 Å². The number of guanidine groups is 1. The van der Waals surface area contributed by atoms with E-state index in [-0.39, 0.29) is 75.4 Å². The first kappa shape index (κ1) is 78.9. The highest BCUT2D eigenvalue weighted by Gasteiger charge is 2.45. The van der Waals surface area contributed by atoms with Crippen LogP contribution in [0.4, 0.5) is 0 Å². The average Bonchev–Trinajstić information content (AvgIpc) is 2.75. The summed E-state index contributed by atoms with van der Waals surface area (Å²) >= 11 is 0. The number of rotatable bonds is 47. The number of unbranched alkanes of at least 4 members (excludes halogenated alkanes) is 1. The third kappa shape index (κ3) is 40.4. The van der Waals surface area contributed by atoms with Gasteiger partial charge in [-0.3, -0.25) is 19.1 Å². The number of carbonyl (C=O) groups is 2. The number of aliphatic imine (C=N–C) groups is 1. The Morgan fingerprint density at radius 2 is 1.13 bits per heavy atom. The number of carbonyl (C=O) groups excluding carboxylic acids is 2. The van der Waals surface area contributed by atoms with E-state index >= 15 is 0 Å². The van der Waals surface area contributed by atoms with Crippen LogP contribution < -0.4 is 11.5 Å². The molecular formula is C64H101N3O18S. The molecule has 16 N–H and O–H groups in total. The van der Waals surface area contributed by atoms with Gasteiger partial charge in [-0.2, -0.15) is 8.42 Å². The van der Waals surface area contributed by atoms with Gasteiger partial charge in [0.05, 0.1) is 79.4 Å². The minimum atomic E-state index is -4.96. The molecule has 0 aromatic heterocycles. The summed E-state index contributed by atoms with van der Waals surface area (Å²) in [5.41, 5.74) is 11.2. The number of aliphatic hydroxyl groups excluding tert-OH is 11. The normalized spacial score (nSPS) is 21.2.